The average Bonchev–Trinajstić information content (AvgIpc) is 2.50. The number of allylic oxidation sites excluding steroid dienone is 1. The molecular weight excluding hydrogens is 270 g/mol. The Labute approximate surface area is 123 Å². The molecule has 0 aliphatic heterocycles. The van der Waals surface area contributed by atoms with E-state index in [1.54, 1.807) is 13.0 Å². The van der Waals surface area contributed by atoms with E-state index in [1.165, 1.54) is 24.0 Å². The summed E-state index contributed by atoms with van der Waals surface area (Å²) in [6.45, 7) is 3.84. The molecule has 0 atom stereocenters. The van der Waals surface area contributed by atoms with Crippen LogP contribution in [0.2, 0.25) is 0 Å². The minimum atomic E-state index is -0.969. The first kappa shape index (κ1) is 15.2. The monoisotopic (exact) mass is 288 g/mol. The largest absolute Gasteiger partial charge is 0.462 e. The minimum absolute atomic E-state index is 0.114. The summed E-state index contributed by atoms with van der Waals surface area (Å²) in [5.74, 6) is -1.97. The second-order valence-electron chi connectivity index (χ2n) is 4.77. The van der Waals surface area contributed by atoms with Gasteiger partial charge in [-0.05, 0) is 36.6 Å². The molecule has 1 nitrogen and oxygen atoms in total. The molecule has 0 bridgehead atoms. The Kier molecular flexibility index (Phi) is 5.09. The maximum atomic E-state index is 14.1. The molecule has 0 unspecified atom stereocenters. The quantitative estimate of drug-likeness (QED) is 0.660. The molecule has 0 aliphatic rings. The van der Waals surface area contributed by atoms with Crippen molar-refractivity contribution in [3.63, 3.8) is 0 Å². The number of rotatable bonds is 5. The number of benzene rings is 2. The number of hydrogen-bond acceptors (Lipinski definition) is 1. The fourth-order valence-electron chi connectivity index (χ4n) is 2.13. The number of aryl methyl sites for hydroxylation is 1. The second-order valence-corrected chi connectivity index (χ2v) is 4.77. The molecule has 0 amide bonds. The van der Waals surface area contributed by atoms with E-state index < -0.39 is 11.6 Å². The molecule has 0 radical (unpaired) electrons. The SMILES string of the molecule is CC=COc1ccc(-c2ccc(CCC)cc2)c(F)c1F. The smallest absolute Gasteiger partial charge is 0.201 e. The zero-order valence-electron chi connectivity index (χ0n) is 12.2. The van der Waals surface area contributed by atoms with Crippen molar-refractivity contribution >= 4 is 0 Å². The Morgan fingerprint density at radius 1 is 1.00 bits per heavy atom. The lowest BCUT2D eigenvalue weighted by molar-refractivity contribution is 0.415. The summed E-state index contributed by atoms with van der Waals surface area (Å²) in [5.41, 5.74) is 2.09. The minimum Gasteiger partial charge on any atom is -0.462 e. The van der Waals surface area contributed by atoms with Crippen molar-refractivity contribution < 1.29 is 13.5 Å². The lowest BCUT2D eigenvalue weighted by Crippen LogP contribution is -1.95. The summed E-state index contributed by atoms with van der Waals surface area (Å²) >= 11 is 0. The van der Waals surface area contributed by atoms with Crippen molar-refractivity contribution in [3.8, 4) is 16.9 Å². The van der Waals surface area contributed by atoms with Crippen LogP contribution in [0, 0.1) is 11.6 Å². The van der Waals surface area contributed by atoms with Gasteiger partial charge < -0.3 is 4.74 Å². The second kappa shape index (κ2) is 7.02. The zero-order chi connectivity index (χ0) is 15.2. The summed E-state index contributed by atoms with van der Waals surface area (Å²) in [5, 5.41) is 0. The zero-order valence-corrected chi connectivity index (χ0v) is 12.2. The summed E-state index contributed by atoms with van der Waals surface area (Å²) < 4.78 is 33.1. The molecule has 0 heterocycles. The summed E-state index contributed by atoms with van der Waals surface area (Å²) in [7, 11) is 0. The van der Waals surface area contributed by atoms with Crippen LogP contribution in [0.5, 0.6) is 5.75 Å². The van der Waals surface area contributed by atoms with Crippen LogP contribution in [0.25, 0.3) is 11.1 Å². The number of halogens is 2. The van der Waals surface area contributed by atoms with Gasteiger partial charge >= 0.3 is 0 Å². The maximum Gasteiger partial charge on any atom is 0.201 e. The van der Waals surface area contributed by atoms with Gasteiger partial charge in [-0.1, -0.05) is 43.7 Å². The third-order valence-electron chi connectivity index (χ3n) is 3.18. The van der Waals surface area contributed by atoms with Gasteiger partial charge in [0.2, 0.25) is 5.82 Å². The topological polar surface area (TPSA) is 9.23 Å². The van der Waals surface area contributed by atoms with E-state index in [9.17, 15) is 8.78 Å². The molecule has 0 spiro atoms. The van der Waals surface area contributed by atoms with Crippen LogP contribution < -0.4 is 4.74 Å². The molecule has 2 aromatic rings. The van der Waals surface area contributed by atoms with Gasteiger partial charge in [-0.25, -0.2) is 4.39 Å². The van der Waals surface area contributed by atoms with E-state index in [0.29, 0.717) is 5.56 Å². The summed E-state index contributed by atoms with van der Waals surface area (Å²) in [6.07, 6.45) is 4.96. The molecule has 2 rings (SSSR count). The first-order valence-corrected chi connectivity index (χ1v) is 7.02. The molecule has 21 heavy (non-hydrogen) atoms. The van der Waals surface area contributed by atoms with Gasteiger partial charge in [0.15, 0.2) is 11.6 Å². The Bertz CT molecular complexity index is 630. The summed E-state index contributed by atoms with van der Waals surface area (Å²) in [6, 6.07) is 10.5. The average molecular weight is 288 g/mol. The van der Waals surface area contributed by atoms with Crippen LogP contribution in [0.3, 0.4) is 0 Å². The van der Waals surface area contributed by atoms with Gasteiger partial charge in [-0.2, -0.15) is 4.39 Å². The highest BCUT2D eigenvalue weighted by atomic mass is 19.2. The molecule has 0 saturated carbocycles. The molecule has 0 saturated heterocycles. The molecular formula is C18H18F2O. The van der Waals surface area contributed by atoms with Crippen molar-refractivity contribution in [3.05, 3.63) is 65.9 Å². The van der Waals surface area contributed by atoms with E-state index in [-0.39, 0.29) is 11.3 Å². The Balaban J connectivity index is 2.33. The molecule has 0 fully saturated rings. The maximum absolute atomic E-state index is 14.1. The highest BCUT2D eigenvalue weighted by Crippen LogP contribution is 2.30. The predicted octanol–water partition coefficient (Wildman–Crippen LogP) is 5.50. The van der Waals surface area contributed by atoms with Gasteiger partial charge in [0.05, 0.1) is 6.26 Å². The Morgan fingerprint density at radius 2 is 1.71 bits per heavy atom. The van der Waals surface area contributed by atoms with Crippen LogP contribution in [0.15, 0.2) is 48.7 Å². The van der Waals surface area contributed by atoms with E-state index in [2.05, 4.69) is 6.92 Å². The van der Waals surface area contributed by atoms with Crippen LogP contribution in [-0.2, 0) is 6.42 Å². The van der Waals surface area contributed by atoms with Crippen LogP contribution in [-0.4, -0.2) is 0 Å². The van der Waals surface area contributed by atoms with Crippen molar-refractivity contribution in [2.45, 2.75) is 26.7 Å². The van der Waals surface area contributed by atoms with E-state index >= 15 is 0 Å². The number of hydrogen-bond donors (Lipinski definition) is 0. The van der Waals surface area contributed by atoms with Gasteiger partial charge in [0.25, 0.3) is 0 Å². The van der Waals surface area contributed by atoms with Crippen LogP contribution in [0.1, 0.15) is 25.8 Å². The van der Waals surface area contributed by atoms with Gasteiger partial charge in [0, 0.05) is 5.56 Å². The first-order chi connectivity index (χ1) is 10.2. The van der Waals surface area contributed by atoms with Crippen molar-refractivity contribution in [2.75, 3.05) is 0 Å². The lowest BCUT2D eigenvalue weighted by atomic mass is 10.0. The molecule has 0 aliphatic carbocycles. The highest BCUT2D eigenvalue weighted by Gasteiger charge is 2.15. The molecule has 0 N–H and O–H groups in total. The van der Waals surface area contributed by atoms with Gasteiger partial charge in [0.1, 0.15) is 0 Å². The molecule has 110 valence electrons. The van der Waals surface area contributed by atoms with Crippen molar-refractivity contribution in [1.82, 2.24) is 0 Å². The fraction of sp³-hybridized carbons (Fsp3) is 0.222. The van der Waals surface area contributed by atoms with E-state index in [0.717, 1.165) is 12.8 Å². The Morgan fingerprint density at radius 3 is 2.33 bits per heavy atom. The van der Waals surface area contributed by atoms with Crippen molar-refractivity contribution in [2.24, 2.45) is 0 Å². The highest BCUT2D eigenvalue weighted by molar-refractivity contribution is 5.65. The molecule has 2 aromatic carbocycles. The first-order valence-electron chi connectivity index (χ1n) is 7.02. The van der Waals surface area contributed by atoms with Crippen LogP contribution >= 0.6 is 0 Å². The van der Waals surface area contributed by atoms with Gasteiger partial charge in [-0.3, -0.25) is 0 Å². The molecule has 3 heteroatoms. The lowest BCUT2D eigenvalue weighted by Gasteiger charge is -2.08. The normalized spacial score (nSPS) is 11.0. The fourth-order valence-corrected chi connectivity index (χ4v) is 2.13. The summed E-state index contributed by atoms with van der Waals surface area (Å²) in [4.78, 5) is 0. The number of ether oxygens (including phenoxy) is 1. The predicted molar refractivity (Wildman–Crippen MR) is 81.2 cm³/mol. The van der Waals surface area contributed by atoms with E-state index in [4.69, 9.17) is 4.74 Å². The van der Waals surface area contributed by atoms with Crippen LogP contribution in [0.4, 0.5) is 8.78 Å². The van der Waals surface area contributed by atoms with Crippen molar-refractivity contribution in [1.29, 1.82) is 0 Å². The standard InChI is InChI=1S/C18H18F2O/c1-3-5-13-6-8-14(9-7-13)15-10-11-16(21-12-4-2)18(20)17(15)19/h4,6-12H,3,5H2,1-2H3. The Hall–Kier alpha value is -2.16. The van der Waals surface area contributed by atoms with Gasteiger partial charge in [-0.15, -0.1) is 0 Å². The van der Waals surface area contributed by atoms with E-state index in [1.807, 2.05) is 24.3 Å². The third kappa shape index (κ3) is 3.48. The molecule has 0 aromatic heterocycles. The third-order valence-corrected chi connectivity index (χ3v) is 3.18.